The molecule has 7 heteroatoms. The normalized spacial score (nSPS) is 14.4. The summed E-state index contributed by atoms with van der Waals surface area (Å²) in [5.41, 5.74) is -2.51. The van der Waals surface area contributed by atoms with Crippen molar-refractivity contribution in [1.29, 1.82) is 0 Å². The number of carbonyl (C=O) groups is 3. The zero-order valence-corrected chi connectivity index (χ0v) is 7.13. The molecular formula is C7H10O7. The van der Waals surface area contributed by atoms with Gasteiger partial charge >= 0.3 is 17.9 Å². The van der Waals surface area contributed by atoms with Crippen molar-refractivity contribution in [3.8, 4) is 0 Å². The maximum Gasteiger partial charge on any atom is 0.336 e. The molecule has 0 fully saturated rings. The van der Waals surface area contributed by atoms with Gasteiger partial charge in [0.2, 0.25) is 0 Å². The van der Waals surface area contributed by atoms with Crippen molar-refractivity contribution < 1.29 is 34.8 Å². The predicted molar refractivity (Wildman–Crippen MR) is 41.7 cm³/mol. The van der Waals surface area contributed by atoms with Crippen LogP contribution in [0.1, 0.15) is 19.3 Å². The van der Waals surface area contributed by atoms with Crippen molar-refractivity contribution in [2.45, 2.75) is 24.9 Å². The average Bonchev–Trinajstić information content (AvgIpc) is 1.99. The van der Waals surface area contributed by atoms with Gasteiger partial charge in [-0.2, -0.15) is 0 Å². The Kier molecular flexibility index (Phi) is 4.03. The highest BCUT2D eigenvalue weighted by Crippen LogP contribution is 2.17. The molecule has 0 saturated carbocycles. The number of carboxylic acid groups (broad SMARTS) is 3. The highest BCUT2D eigenvalue weighted by atomic mass is 16.4. The minimum absolute atomic E-state index is 0.601. The van der Waals surface area contributed by atoms with Crippen molar-refractivity contribution in [2.75, 3.05) is 0 Å². The Bertz CT molecular complexity index is 259. The van der Waals surface area contributed by atoms with Gasteiger partial charge in [-0.3, -0.25) is 9.59 Å². The van der Waals surface area contributed by atoms with Gasteiger partial charge in [0.05, 0.1) is 6.42 Å². The summed E-state index contributed by atoms with van der Waals surface area (Å²) in [6.45, 7) is 0. The van der Waals surface area contributed by atoms with Crippen molar-refractivity contribution in [2.24, 2.45) is 0 Å². The maximum atomic E-state index is 10.5. The molecule has 1 unspecified atom stereocenters. The number of aliphatic carboxylic acids is 3. The molecule has 0 aliphatic heterocycles. The predicted octanol–water partition coefficient (Wildman–Crippen LogP) is -0.858. The van der Waals surface area contributed by atoms with Crippen LogP contribution in [0, 0.1) is 0 Å². The van der Waals surface area contributed by atoms with Gasteiger partial charge in [0, 0.05) is 6.42 Å². The molecule has 0 bridgehead atoms. The third-order valence-electron chi connectivity index (χ3n) is 1.59. The number of carboxylic acids is 3. The van der Waals surface area contributed by atoms with Crippen molar-refractivity contribution in [1.82, 2.24) is 0 Å². The standard InChI is InChI=1S/C7H10O7/c8-4(9)1-2-7(14,6(12)13)3-5(10)11/h14H,1-3H2,(H,8,9)(H,10,11)(H,12,13). The van der Waals surface area contributed by atoms with E-state index in [2.05, 4.69) is 0 Å². The largest absolute Gasteiger partial charge is 0.481 e. The number of hydrogen-bond donors (Lipinski definition) is 4. The quantitative estimate of drug-likeness (QED) is 0.444. The van der Waals surface area contributed by atoms with Gasteiger partial charge < -0.3 is 20.4 Å². The van der Waals surface area contributed by atoms with E-state index in [1.54, 1.807) is 0 Å². The van der Waals surface area contributed by atoms with Gasteiger partial charge in [-0.25, -0.2) is 4.79 Å². The fraction of sp³-hybridized carbons (Fsp3) is 0.571. The second-order valence-electron chi connectivity index (χ2n) is 2.80. The Morgan fingerprint density at radius 1 is 1.00 bits per heavy atom. The van der Waals surface area contributed by atoms with Crippen LogP contribution in [0.4, 0.5) is 0 Å². The van der Waals surface area contributed by atoms with E-state index in [0.717, 1.165) is 0 Å². The smallest absolute Gasteiger partial charge is 0.336 e. The van der Waals surface area contributed by atoms with Gasteiger partial charge in [-0.05, 0) is 6.42 Å². The van der Waals surface area contributed by atoms with E-state index in [9.17, 15) is 19.5 Å². The van der Waals surface area contributed by atoms with E-state index in [4.69, 9.17) is 15.3 Å². The van der Waals surface area contributed by atoms with Crippen LogP contribution in [0.15, 0.2) is 0 Å². The lowest BCUT2D eigenvalue weighted by molar-refractivity contribution is -0.167. The van der Waals surface area contributed by atoms with Gasteiger partial charge in [0.25, 0.3) is 0 Å². The Hall–Kier alpha value is -1.63. The SMILES string of the molecule is O=C(O)CCC(O)(CC(=O)O)C(=O)O. The first-order valence-corrected chi connectivity index (χ1v) is 3.67. The molecule has 0 rings (SSSR count). The Balaban J connectivity index is 4.47. The molecule has 0 radical (unpaired) electrons. The highest BCUT2D eigenvalue weighted by molar-refractivity contribution is 5.84. The fourth-order valence-corrected chi connectivity index (χ4v) is 0.835. The molecular weight excluding hydrogens is 196 g/mol. The van der Waals surface area contributed by atoms with Crippen molar-refractivity contribution >= 4 is 17.9 Å². The number of hydrogen-bond acceptors (Lipinski definition) is 4. The van der Waals surface area contributed by atoms with E-state index >= 15 is 0 Å². The second kappa shape index (κ2) is 4.56. The maximum absolute atomic E-state index is 10.5. The summed E-state index contributed by atoms with van der Waals surface area (Å²) in [6.07, 6.45) is -2.25. The third kappa shape index (κ3) is 3.85. The molecule has 1 atom stereocenters. The number of rotatable bonds is 6. The summed E-state index contributed by atoms with van der Waals surface area (Å²) >= 11 is 0. The second-order valence-corrected chi connectivity index (χ2v) is 2.80. The third-order valence-corrected chi connectivity index (χ3v) is 1.59. The van der Waals surface area contributed by atoms with E-state index < -0.39 is 42.8 Å². The summed E-state index contributed by atoms with van der Waals surface area (Å²) in [5.74, 6) is -4.53. The molecule has 0 spiro atoms. The van der Waals surface area contributed by atoms with Gasteiger partial charge in [-0.1, -0.05) is 0 Å². The Morgan fingerprint density at radius 2 is 1.50 bits per heavy atom. The van der Waals surface area contributed by atoms with Crippen LogP contribution in [-0.2, 0) is 14.4 Å². The Labute approximate surface area is 78.6 Å². The summed E-state index contributed by atoms with van der Waals surface area (Å²) < 4.78 is 0. The minimum atomic E-state index is -2.51. The molecule has 0 aliphatic carbocycles. The van der Waals surface area contributed by atoms with Gasteiger partial charge in [0.15, 0.2) is 5.60 Å². The molecule has 0 aromatic carbocycles. The van der Waals surface area contributed by atoms with Crippen molar-refractivity contribution in [3.05, 3.63) is 0 Å². The van der Waals surface area contributed by atoms with Gasteiger partial charge in [0.1, 0.15) is 0 Å². The molecule has 7 nitrogen and oxygen atoms in total. The van der Waals surface area contributed by atoms with E-state index in [0.29, 0.717) is 0 Å². The summed E-state index contributed by atoms with van der Waals surface area (Å²) in [4.78, 5) is 30.8. The lowest BCUT2D eigenvalue weighted by Gasteiger charge is -2.19. The topological polar surface area (TPSA) is 132 Å². The lowest BCUT2D eigenvalue weighted by atomic mass is 9.94. The molecule has 0 heterocycles. The molecule has 14 heavy (non-hydrogen) atoms. The lowest BCUT2D eigenvalue weighted by Crippen LogP contribution is -2.41. The first-order valence-electron chi connectivity index (χ1n) is 3.67. The van der Waals surface area contributed by atoms with E-state index in [1.807, 2.05) is 0 Å². The summed E-state index contributed by atoms with van der Waals surface area (Å²) in [7, 11) is 0. The molecule has 80 valence electrons. The minimum Gasteiger partial charge on any atom is -0.481 e. The molecule has 0 aromatic rings. The zero-order chi connectivity index (χ0) is 11.4. The molecule has 0 saturated heterocycles. The Morgan fingerprint density at radius 3 is 1.79 bits per heavy atom. The molecule has 0 aromatic heterocycles. The van der Waals surface area contributed by atoms with Crippen LogP contribution >= 0.6 is 0 Å². The van der Waals surface area contributed by atoms with Crippen molar-refractivity contribution in [3.63, 3.8) is 0 Å². The van der Waals surface area contributed by atoms with E-state index in [-0.39, 0.29) is 0 Å². The zero-order valence-electron chi connectivity index (χ0n) is 7.13. The first kappa shape index (κ1) is 12.4. The summed E-state index contributed by atoms with van der Waals surface area (Å²) in [5, 5.41) is 34.3. The molecule has 0 aliphatic rings. The molecule has 4 N–H and O–H groups in total. The summed E-state index contributed by atoms with van der Waals surface area (Å²) in [6, 6.07) is 0. The molecule has 0 amide bonds. The van der Waals surface area contributed by atoms with Crippen LogP contribution in [0.2, 0.25) is 0 Å². The monoisotopic (exact) mass is 206 g/mol. The number of aliphatic hydroxyl groups is 1. The first-order chi connectivity index (χ1) is 6.28. The van der Waals surface area contributed by atoms with Gasteiger partial charge in [-0.15, -0.1) is 0 Å². The fourth-order valence-electron chi connectivity index (χ4n) is 0.835. The van der Waals surface area contributed by atoms with Crippen LogP contribution in [0.5, 0.6) is 0 Å². The highest BCUT2D eigenvalue weighted by Gasteiger charge is 2.38. The van der Waals surface area contributed by atoms with Crippen LogP contribution in [-0.4, -0.2) is 43.9 Å². The van der Waals surface area contributed by atoms with E-state index in [1.165, 1.54) is 0 Å². The van der Waals surface area contributed by atoms with Crippen LogP contribution < -0.4 is 0 Å². The van der Waals surface area contributed by atoms with Crippen LogP contribution in [0.25, 0.3) is 0 Å². The van der Waals surface area contributed by atoms with Crippen LogP contribution in [0.3, 0.4) is 0 Å². The average molecular weight is 206 g/mol.